The second-order valence-electron chi connectivity index (χ2n) is 5.25. The van der Waals surface area contributed by atoms with E-state index in [2.05, 4.69) is 15.2 Å². The molecule has 7 nitrogen and oxygen atoms in total. The second kappa shape index (κ2) is 7.71. The Morgan fingerprint density at radius 3 is 2.72 bits per heavy atom. The molecule has 1 N–H and O–H groups in total. The maximum atomic E-state index is 12.2. The summed E-state index contributed by atoms with van der Waals surface area (Å²) in [5.74, 6) is 0.628. The smallest absolute Gasteiger partial charge is 0.270 e. The Balaban J connectivity index is 1.59. The fourth-order valence-corrected chi connectivity index (χ4v) is 2.93. The van der Waals surface area contributed by atoms with Gasteiger partial charge in [-0.25, -0.2) is 4.98 Å². The van der Waals surface area contributed by atoms with Gasteiger partial charge in [-0.1, -0.05) is 54.2 Å². The van der Waals surface area contributed by atoms with Crippen LogP contribution in [0.2, 0.25) is 0 Å². The van der Waals surface area contributed by atoms with Crippen LogP contribution in [-0.2, 0) is 6.42 Å². The molecule has 0 spiro atoms. The van der Waals surface area contributed by atoms with E-state index in [1.807, 2.05) is 30.3 Å². The number of nitrogens with one attached hydrogen (secondary N) is 1. The van der Waals surface area contributed by atoms with E-state index in [-0.39, 0.29) is 17.2 Å². The first kappa shape index (κ1) is 16.8. The molecule has 8 heteroatoms. The van der Waals surface area contributed by atoms with Crippen LogP contribution >= 0.6 is 11.8 Å². The van der Waals surface area contributed by atoms with Crippen LogP contribution in [0.15, 0.2) is 59.8 Å². The minimum Gasteiger partial charge on any atom is -0.293 e. The fourth-order valence-electron chi connectivity index (χ4n) is 2.22. The van der Waals surface area contributed by atoms with Crippen LogP contribution in [0.1, 0.15) is 21.7 Å². The van der Waals surface area contributed by atoms with Crippen molar-refractivity contribution < 1.29 is 9.72 Å². The SMILES string of the molecule is O=C(CSc1n[nH]c(Cc2ccccc2)n1)c1cccc([N+](=O)[O-])c1. The lowest BCUT2D eigenvalue weighted by atomic mass is 10.1. The zero-order valence-corrected chi connectivity index (χ0v) is 13.9. The summed E-state index contributed by atoms with van der Waals surface area (Å²) in [6, 6.07) is 15.6. The first-order valence-corrected chi connectivity index (χ1v) is 8.46. The molecule has 3 aromatic rings. The molecule has 1 heterocycles. The Morgan fingerprint density at radius 1 is 1.16 bits per heavy atom. The molecule has 0 bridgehead atoms. The Bertz CT molecular complexity index is 896. The van der Waals surface area contributed by atoms with Gasteiger partial charge in [0.25, 0.3) is 5.69 Å². The molecule has 0 aliphatic carbocycles. The maximum absolute atomic E-state index is 12.2. The third-order valence-electron chi connectivity index (χ3n) is 3.44. The largest absolute Gasteiger partial charge is 0.293 e. The number of nitrogens with zero attached hydrogens (tertiary/aromatic N) is 3. The lowest BCUT2D eigenvalue weighted by Gasteiger charge is -1.99. The van der Waals surface area contributed by atoms with E-state index < -0.39 is 4.92 Å². The minimum absolute atomic E-state index is 0.0982. The lowest BCUT2D eigenvalue weighted by molar-refractivity contribution is -0.384. The van der Waals surface area contributed by atoms with Crippen molar-refractivity contribution in [2.24, 2.45) is 0 Å². The molecule has 126 valence electrons. The summed E-state index contributed by atoms with van der Waals surface area (Å²) in [6.07, 6.45) is 0.632. The minimum atomic E-state index is -0.519. The van der Waals surface area contributed by atoms with Crippen LogP contribution in [0.5, 0.6) is 0 Å². The predicted octanol–water partition coefficient (Wildman–Crippen LogP) is 3.28. The molecule has 0 amide bonds. The first-order valence-electron chi connectivity index (χ1n) is 7.47. The van der Waals surface area contributed by atoms with Crippen molar-refractivity contribution in [2.75, 3.05) is 5.75 Å². The first-order chi connectivity index (χ1) is 12.1. The molecule has 25 heavy (non-hydrogen) atoms. The Morgan fingerprint density at radius 2 is 1.96 bits per heavy atom. The number of H-pyrrole nitrogens is 1. The zero-order valence-electron chi connectivity index (χ0n) is 13.1. The summed E-state index contributed by atoms with van der Waals surface area (Å²) in [4.78, 5) is 26.8. The van der Waals surface area contributed by atoms with E-state index in [1.165, 1.54) is 30.0 Å². The van der Waals surface area contributed by atoms with E-state index in [9.17, 15) is 14.9 Å². The van der Waals surface area contributed by atoms with Crippen molar-refractivity contribution in [2.45, 2.75) is 11.6 Å². The molecule has 0 aliphatic rings. The number of benzene rings is 2. The van der Waals surface area contributed by atoms with Gasteiger partial charge in [-0.3, -0.25) is 20.0 Å². The molecule has 0 fully saturated rings. The third-order valence-corrected chi connectivity index (χ3v) is 4.28. The third kappa shape index (κ3) is 4.51. The number of ketones is 1. The van der Waals surface area contributed by atoms with Crippen LogP contribution in [0, 0.1) is 10.1 Å². The van der Waals surface area contributed by atoms with Crippen molar-refractivity contribution in [3.8, 4) is 0 Å². The van der Waals surface area contributed by atoms with Gasteiger partial charge < -0.3 is 0 Å². The number of nitro benzene ring substituents is 1. The number of non-ortho nitro benzene ring substituents is 1. The molecule has 1 aromatic heterocycles. The number of Topliss-reactive ketones (excluding diaryl/α,β-unsaturated/α-hetero) is 1. The molecule has 0 atom stereocenters. The molecule has 0 saturated heterocycles. The van der Waals surface area contributed by atoms with Gasteiger partial charge in [0.05, 0.1) is 10.7 Å². The number of carbonyl (C=O) groups is 1. The Labute approximate surface area is 147 Å². The number of hydrogen-bond acceptors (Lipinski definition) is 6. The summed E-state index contributed by atoms with van der Waals surface area (Å²) in [7, 11) is 0. The van der Waals surface area contributed by atoms with Crippen molar-refractivity contribution in [1.29, 1.82) is 0 Å². The average Bonchev–Trinajstić information content (AvgIpc) is 3.08. The average molecular weight is 354 g/mol. The van der Waals surface area contributed by atoms with Gasteiger partial charge in [0.1, 0.15) is 5.82 Å². The monoisotopic (exact) mass is 354 g/mol. The lowest BCUT2D eigenvalue weighted by Crippen LogP contribution is -2.03. The second-order valence-corrected chi connectivity index (χ2v) is 6.19. The molecule has 0 radical (unpaired) electrons. The molecular formula is C17H14N4O3S. The van der Waals surface area contributed by atoms with Crippen molar-refractivity contribution in [1.82, 2.24) is 15.2 Å². The molecule has 0 unspecified atom stereocenters. The van der Waals surface area contributed by atoms with Gasteiger partial charge in [-0.05, 0) is 5.56 Å². The molecule has 2 aromatic carbocycles. The predicted molar refractivity (Wildman–Crippen MR) is 93.8 cm³/mol. The van der Waals surface area contributed by atoms with Gasteiger partial charge in [0.2, 0.25) is 5.16 Å². The highest BCUT2D eigenvalue weighted by atomic mass is 32.2. The van der Waals surface area contributed by atoms with Crippen LogP contribution in [-0.4, -0.2) is 31.6 Å². The number of hydrogen-bond donors (Lipinski definition) is 1. The van der Waals surface area contributed by atoms with Crippen LogP contribution in [0.25, 0.3) is 0 Å². The number of thioether (sulfide) groups is 1. The topological polar surface area (TPSA) is 102 Å². The summed E-state index contributed by atoms with van der Waals surface area (Å²) in [5.41, 5.74) is 1.32. The van der Waals surface area contributed by atoms with Crippen molar-refractivity contribution in [3.63, 3.8) is 0 Å². The highest BCUT2D eigenvalue weighted by molar-refractivity contribution is 7.99. The van der Waals surface area contributed by atoms with E-state index >= 15 is 0 Å². The van der Waals surface area contributed by atoms with Crippen molar-refractivity contribution in [3.05, 3.63) is 81.7 Å². The molecule has 0 aliphatic heterocycles. The molecule has 3 rings (SSSR count). The van der Waals surface area contributed by atoms with E-state index in [4.69, 9.17) is 0 Å². The highest BCUT2D eigenvalue weighted by Crippen LogP contribution is 2.18. The van der Waals surface area contributed by atoms with Crippen LogP contribution in [0.4, 0.5) is 5.69 Å². The number of nitro groups is 1. The highest BCUT2D eigenvalue weighted by Gasteiger charge is 2.13. The summed E-state index contributed by atoms with van der Waals surface area (Å²) in [5, 5.41) is 18.2. The quantitative estimate of drug-likeness (QED) is 0.302. The number of rotatable bonds is 7. The summed E-state index contributed by atoms with van der Waals surface area (Å²) >= 11 is 1.20. The normalized spacial score (nSPS) is 10.6. The van der Waals surface area contributed by atoms with Crippen LogP contribution in [0.3, 0.4) is 0 Å². The standard InChI is InChI=1S/C17H14N4O3S/c22-15(13-7-4-8-14(10-13)21(23)24)11-25-17-18-16(19-20-17)9-12-5-2-1-3-6-12/h1-8,10H,9,11H2,(H,18,19,20). The fraction of sp³-hybridized carbons (Fsp3) is 0.118. The van der Waals surface area contributed by atoms with Gasteiger partial charge in [0, 0.05) is 24.1 Å². The van der Waals surface area contributed by atoms with E-state index in [0.717, 1.165) is 11.4 Å². The zero-order chi connectivity index (χ0) is 17.6. The summed E-state index contributed by atoms with van der Waals surface area (Å²) in [6.45, 7) is 0. The van der Waals surface area contributed by atoms with Crippen LogP contribution < -0.4 is 0 Å². The van der Waals surface area contributed by atoms with Crippen molar-refractivity contribution >= 4 is 23.2 Å². The number of aromatic amines is 1. The van der Waals surface area contributed by atoms with Gasteiger partial charge >= 0.3 is 0 Å². The number of aromatic nitrogens is 3. The van der Waals surface area contributed by atoms with E-state index in [1.54, 1.807) is 6.07 Å². The Kier molecular flexibility index (Phi) is 5.20. The summed E-state index contributed by atoms with van der Waals surface area (Å²) < 4.78 is 0. The van der Waals surface area contributed by atoms with Gasteiger partial charge in [-0.15, -0.1) is 5.10 Å². The van der Waals surface area contributed by atoms with Gasteiger partial charge in [-0.2, -0.15) is 0 Å². The molecular weight excluding hydrogens is 340 g/mol. The van der Waals surface area contributed by atoms with E-state index in [0.29, 0.717) is 17.1 Å². The molecule has 0 saturated carbocycles. The number of carbonyl (C=O) groups excluding carboxylic acids is 1. The Hall–Kier alpha value is -3.00. The van der Waals surface area contributed by atoms with Gasteiger partial charge in [0.15, 0.2) is 5.78 Å². The maximum Gasteiger partial charge on any atom is 0.270 e.